The third kappa shape index (κ3) is 11.7. The molecule has 12 heteroatoms. The number of hydrogen-bond acceptors (Lipinski definition) is 10. The van der Waals surface area contributed by atoms with Crippen LogP contribution >= 0.6 is 11.8 Å². The molecular weight excluding hydrogens is 492 g/mol. The molecule has 36 heavy (non-hydrogen) atoms. The fourth-order valence-electron chi connectivity index (χ4n) is 3.08. The molecule has 2 N–H and O–H groups in total. The zero-order valence-electron chi connectivity index (χ0n) is 22.5. The molecule has 0 spiro atoms. The van der Waals surface area contributed by atoms with Gasteiger partial charge in [0.1, 0.15) is 17.7 Å². The molecule has 11 nitrogen and oxygen atoms in total. The van der Waals surface area contributed by atoms with Gasteiger partial charge in [-0.25, -0.2) is 4.79 Å². The van der Waals surface area contributed by atoms with Crippen LogP contribution in [0.2, 0.25) is 0 Å². The molecule has 2 amide bonds. The molecule has 0 unspecified atom stereocenters. The van der Waals surface area contributed by atoms with Crippen LogP contribution < -0.4 is 10.6 Å². The van der Waals surface area contributed by atoms with Gasteiger partial charge in [0.05, 0.1) is 20.1 Å². The summed E-state index contributed by atoms with van der Waals surface area (Å²) in [7, 11) is 1.23. The van der Waals surface area contributed by atoms with E-state index in [1.807, 2.05) is 13.8 Å². The van der Waals surface area contributed by atoms with E-state index >= 15 is 0 Å². The minimum Gasteiger partial charge on any atom is -0.469 e. The molecule has 2 atom stereocenters. The number of methoxy groups -OCH3 is 1. The minimum atomic E-state index is -1.09. The minimum absolute atomic E-state index is 0.0220. The summed E-state index contributed by atoms with van der Waals surface area (Å²) in [5.74, 6) is -3.03. The Morgan fingerprint density at radius 1 is 1.06 bits per heavy atom. The van der Waals surface area contributed by atoms with E-state index in [1.54, 1.807) is 34.6 Å². The van der Waals surface area contributed by atoms with Crippen LogP contribution in [-0.2, 0) is 42.9 Å². The van der Waals surface area contributed by atoms with Crippen molar-refractivity contribution >= 4 is 40.6 Å². The number of esters is 2. The number of nitrogens with one attached hydrogen (secondary N) is 2. The molecule has 0 saturated carbocycles. The van der Waals surface area contributed by atoms with Crippen LogP contribution in [0.5, 0.6) is 0 Å². The summed E-state index contributed by atoms with van der Waals surface area (Å²) in [6, 6.07) is -1.09. The van der Waals surface area contributed by atoms with Gasteiger partial charge in [-0.2, -0.15) is 0 Å². The Bertz CT molecular complexity index is 821. The Balaban J connectivity index is 2.65. The van der Waals surface area contributed by atoms with E-state index in [4.69, 9.17) is 14.2 Å². The van der Waals surface area contributed by atoms with Crippen molar-refractivity contribution in [2.24, 2.45) is 5.41 Å². The van der Waals surface area contributed by atoms with Crippen LogP contribution in [0.4, 0.5) is 0 Å². The first-order valence-electron chi connectivity index (χ1n) is 11.8. The lowest BCUT2D eigenvalue weighted by Crippen LogP contribution is -2.56. The van der Waals surface area contributed by atoms with E-state index in [-0.39, 0.29) is 42.6 Å². The molecule has 206 valence electrons. The Morgan fingerprint density at radius 3 is 2.28 bits per heavy atom. The standard InChI is InChI=1S/C24H40N2O9S/c1-22(2,3)35-21(31)15(13-36-18(29)10-9-17(28)32-8)26-16(27)11-12-25-20(30)19-23(4,5)14-33-24(6,7)34-19/h15,19H,9-14H2,1-8H3,(H,25,30)(H,26,27)/t15-,19-/m0/s1. The molecule has 0 aromatic carbocycles. The number of rotatable bonds is 11. The van der Waals surface area contributed by atoms with Gasteiger partial charge in [0.15, 0.2) is 10.9 Å². The number of amides is 2. The van der Waals surface area contributed by atoms with Crippen LogP contribution in [0.25, 0.3) is 0 Å². The molecule has 0 radical (unpaired) electrons. The van der Waals surface area contributed by atoms with Crippen LogP contribution in [0, 0.1) is 5.41 Å². The first-order chi connectivity index (χ1) is 16.5. The molecular formula is C24H40N2O9S. The quantitative estimate of drug-likeness (QED) is 0.377. The zero-order valence-corrected chi connectivity index (χ0v) is 23.3. The van der Waals surface area contributed by atoms with Gasteiger partial charge in [0.25, 0.3) is 0 Å². The highest BCUT2D eigenvalue weighted by Gasteiger charge is 2.45. The molecule has 0 bridgehead atoms. The summed E-state index contributed by atoms with van der Waals surface area (Å²) >= 11 is 0.820. The van der Waals surface area contributed by atoms with Gasteiger partial charge in [-0.1, -0.05) is 25.6 Å². The number of carbonyl (C=O) groups is 5. The number of hydrogen-bond donors (Lipinski definition) is 2. The molecule has 1 aliphatic heterocycles. The lowest BCUT2D eigenvalue weighted by molar-refractivity contribution is -0.304. The predicted molar refractivity (Wildman–Crippen MR) is 133 cm³/mol. The van der Waals surface area contributed by atoms with E-state index in [0.29, 0.717) is 6.61 Å². The van der Waals surface area contributed by atoms with E-state index in [2.05, 4.69) is 15.4 Å². The highest BCUT2D eigenvalue weighted by molar-refractivity contribution is 8.13. The number of ether oxygens (including phenoxy) is 4. The van der Waals surface area contributed by atoms with Crippen molar-refractivity contribution in [3.63, 3.8) is 0 Å². The van der Waals surface area contributed by atoms with Gasteiger partial charge in [0.2, 0.25) is 11.8 Å². The number of thioether (sulfide) groups is 1. The molecule has 0 aromatic heterocycles. The summed E-state index contributed by atoms with van der Waals surface area (Å²) in [5.41, 5.74) is -1.35. The lowest BCUT2D eigenvalue weighted by atomic mass is 9.85. The van der Waals surface area contributed by atoms with E-state index in [9.17, 15) is 24.0 Å². The van der Waals surface area contributed by atoms with E-state index in [1.165, 1.54) is 7.11 Å². The summed E-state index contributed by atoms with van der Waals surface area (Å²) in [6.45, 7) is 12.6. The van der Waals surface area contributed by atoms with Crippen molar-refractivity contribution in [1.82, 2.24) is 10.6 Å². The molecule has 1 aliphatic rings. The third-order valence-corrected chi connectivity index (χ3v) is 6.02. The largest absolute Gasteiger partial charge is 0.469 e. The molecule has 1 fully saturated rings. The van der Waals surface area contributed by atoms with Crippen molar-refractivity contribution in [2.45, 2.75) is 91.3 Å². The maximum absolute atomic E-state index is 12.7. The Labute approximate surface area is 217 Å². The average Bonchev–Trinajstić information content (AvgIpc) is 2.75. The highest BCUT2D eigenvalue weighted by Crippen LogP contribution is 2.34. The maximum Gasteiger partial charge on any atom is 0.330 e. The topological polar surface area (TPSA) is 146 Å². The molecule has 1 saturated heterocycles. The summed E-state index contributed by atoms with van der Waals surface area (Å²) < 4.78 is 21.3. The van der Waals surface area contributed by atoms with Crippen LogP contribution in [0.3, 0.4) is 0 Å². The van der Waals surface area contributed by atoms with Crippen molar-refractivity contribution in [1.29, 1.82) is 0 Å². The monoisotopic (exact) mass is 532 g/mol. The Morgan fingerprint density at radius 2 is 1.69 bits per heavy atom. The fourth-order valence-corrected chi connectivity index (χ4v) is 3.89. The van der Waals surface area contributed by atoms with Crippen molar-refractivity contribution in [2.75, 3.05) is 26.0 Å². The second kappa shape index (κ2) is 13.4. The summed E-state index contributed by atoms with van der Waals surface area (Å²) in [4.78, 5) is 61.1. The highest BCUT2D eigenvalue weighted by atomic mass is 32.2. The smallest absolute Gasteiger partial charge is 0.330 e. The average molecular weight is 533 g/mol. The van der Waals surface area contributed by atoms with Gasteiger partial charge in [-0.05, 0) is 34.6 Å². The second-order valence-electron chi connectivity index (χ2n) is 10.6. The van der Waals surface area contributed by atoms with Gasteiger partial charge in [-0.3, -0.25) is 19.2 Å². The molecule has 0 aromatic rings. The normalized spacial score (nSPS) is 19.5. The summed E-state index contributed by atoms with van der Waals surface area (Å²) in [6.07, 6.45) is -0.985. The maximum atomic E-state index is 12.7. The van der Waals surface area contributed by atoms with Gasteiger partial charge < -0.3 is 29.6 Å². The van der Waals surface area contributed by atoms with Crippen molar-refractivity contribution in [3.05, 3.63) is 0 Å². The Hall–Kier alpha value is -2.18. The molecule has 1 rings (SSSR count). The Kier molecular flexibility index (Phi) is 11.8. The lowest BCUT2D eigenvalue weighted by Gasteiger charge is -2.44. The fraction of sp³-hybridized carbons (Fsp3) is 0.792. The summed E-state index contributed by atoms with van der Waals surface area (Å²) in [5, 5.41) is 4.95. The van der Waals surface area contributed by atoms with E-state index < -0.39 is 46.8 Å². The second-order valence-corrected chi connectivity index (χ2v) is 11.7. The van der Waals surface area contributed by atoms with Crippen LogP contribution in [0.1, 0.15) is 67.7 Å². The molecule has 1 heterocycles. The van der Waals surface area contributed by atoms with Crippen LogP contribution in [-0.4, -0.2) is 78.4 Å². The van der Waals surface area contributed by atoms with E-state index in [0.717, 1.165) is 11.8 Å². The third-order valence-electron chi connectivity index (χ3n) is 4.99. The van der Waals surface area contributed by atoms with Gasteiger partial charge in [0, 0.05) is 30.6 Å². The first kappa shape index (κ1) is 31.8. The number of carbonyl (C=O) groups excluding carboxylic acids is 5. The first-order valence-corrected chi connectivity index (χ1v) is 12.8. The van der Waals surface area contributed by atoms with Crippen molar-refractivity contribution in [3.8, 4) is 0 Å². The van der Waals surface area contributed by atoms with Gasteiger partial charge >= 0.3 is 11.9 Å². The zero-order chi connectivity index (χ0) is 27.7. The SMILES string of the molecule is COC(=O)CCC(=O)SC[C@H](NC(=O)CCNC(=O)[C@@H]1OC(C)(C)OCC1(C)C)C(=O)OC(C)(C)C. The van der Waals surface area contributed by atoms with Crippen LogP contribution in [0.15, 0.2) is 0 Å². The predicted octanol–water partition coefficient (Wildman–Crippen LogP) is 1.71. The van der Waals surface area contributed by atoms with Gasteiger partial charge in [-0.15, -0.1) is 0 Å². The van der Waals surface area contributed by atoms with Crippen molar-refractivity contribution < 1.29 is 42.9 Å². The molecule has 0 aliphatic carbocycles.